The quantitative estimate of drug-likeness (QED) is 0.0247. The first-order valence-electron chi connectivity index (χ1n) is 30.4. The Balaban J connectivity index is 1.05. The van der Waals surface area contributed by atoms with Gasteiger partial charge in [0.25, 0.3) is 0 Å². The zero-order valence-electron chi connectivity index (χ0n) is 51.0. The molecular formula is C60H92O28. The minimum absolute atomic E-state index is 0.0926. The predicted molar refractivity (Wildman–Crippen MR) is 295 cm³/mol. The molecule has 0 bridgehead atoms. The third kappa shape index (κ3) is 11.3. The Morgan fingerprint density at radius 2 is 1.26 bits per heavy atom. The molecular weight excluding hydrogens is 1170 g/mol. The number of carbonyl (C=O) groups excluding carboxylic acids is 3. The van der Waals surface area contributed by atoms with E-state index in [-0.39, 0.29) is 25.4 Å². The van der Waals surface area contributed by atoms with E-state index < -0.39 is 223 Å². The number of aliphatic carboxylic acids is 1. The molecule has 14 N–H and O–H groups in total. The first kappa shape index (κ1) is 69.1. The minimum Gasteiger partial charge on any atom is -0.479 e. The molecule has 88 heavy (non-hydrogen) atoms. The highest BCUT2D eigenvalue weighted by atomic mass is 16.8. The summed E-state index contributed by atoms with van der Waals surface area (Å²) in [6, 6.07) is 0. The Labute approximate surface area is 509 Å². The van der Waals surface area contributed by atoms with Crippen LogP contribution in [-0.2, 0) is 66.5 Å². The molecule has 4 heterocycles. The van der Waals surface area contributed by atoms with E-state index in [0.29, 0.717) is 37.7 Å². The molecule has 9 rings (SSSR count). The fourth-order valence-electron chi connectivity index (χ4n) is 17.2. The van der Waals surface area contributed by atoms with Gasteiger partial charge in [0, 0.05) is 17.9 Å². The zero-order valence-corrected chi connectivity index (χ0v) is 51.0. The fraction of sp³-hybridized carbons (Fsp3) is 0.867. The van der Waals surface area contributed by atoms with Crippen molar-refractivity contribution in [1.29, 1.82) is 0 Å². The van der Waals surface area contributed by atoms with Gasteiger partial charge in [0.1, 0.15) is 111 Å². The lowest BCUT2D eigenvalue weighted by Crippen LogP contribution is -2.72. The lowest BCUT2D eigenvalue weighted by molar-refractivity contribution is -0.400. The van der Waals surface area contributed by atoms with Crippen LogP contribution in [-0.4, -0.2) is 263 Å². The molecule has 28 nitrogen and oxygen atoms in total. The molecule has 0 unspecified atom stereocenters. The molecule has 8 fully saturated rings. The van der Waals surface area contributed by atoms with Crippen LogP contribution in [0.15, 0.2) is 23.3 Å². The van der Waals surface area contributed by atoms with E-state index in [9.17, 15) is 90.7 Å². The van der Waals surface area contributed by atoms with Crippen LogP contribution in [0.5, 0.6) is 0 Å². The number of carboxylic acid groups (broad SMARTS) is 1. The molecule has 4 saturated carbocycles. The molecule has 31 atom stereocenters. The maximum Gasteiger partial charge on any atom is 0.335 e. The van der Waals surface area contributed by atoms with Crippen molar-refractivity contribution in [3.63, 3.8) is 0 Å². The smallest absolute Gasteiger partial charge is 0.335 e. The predicted octanol–water partition coefficient (Wildman–Crippen LogP) is -2.65. The molecule has 4 saturated heterocycles. The summed E-state index contributed by atoms with van der Waals surface area (Å²) >= 11 is 0. The zero-order chi connectivity index (χ0) is 64.9. The molecule has 0 aromatic heterocycles. The number of aldehydes is 1. The van der Waals surface area contributed by atoms with Gasteiger partial charge in [-0.05, 0) is 92.8 Å². The van der Waals surface area contributed by atoms with Crippen LogP contribution < -0.4 is 0 Å². The third-order valence-electron chi connectivity index (χ3n) is 22.6. The van der Waals surface area contributed by atoms with Crippen molar-refractivity contribution in [1.82, 2.24) is 0 Å². The number of hydrogen-bond acceptors (Lipinski definition) is 27. The lowest BCUT2D eigenvalue weighted by Gasteiger charge is -2.72. The second-order valence-corrected chi connectivity index (χ2v) is 27.8. The molecule has 0 amide bonds. The Morgan fingerprint density at radius 1 is 0.670 bits per heavy atom. The SMILES string of the molecule is C/C=C(\C)C(=O)O[C@H]1[C@H](O)[C@]2(COC(C)=O)[C@H](O)C[C@]3(C)C(=CC[C@@H]4[C@@]5(C)CC[C@H](O[C@@H]6O[C@H](C(=O)O)[C@@H](O)[C@H](O[C@@H]7OC[C@H](O)[C@H](O)[C@H]7O[C@@H]7O[C@H](CO)[C@@H](O)[C@H](O)[C@H]7O)[C@H]6O[C@@H]6O[C@H](CO)[C@H](O)[C@H](O)[C@H]6O)[C@@](C)(C=O)[C@@H]5CC[C@]43C)[C@@H]2CC1(C)C. The first-order valence-corrected chi connectivity index (χ1v) is 30.4. The summed E-state index contributed by atoms with van der Waals surface area (Å²) < 4.78 is 60.1. The van der Waals surface area contributed by atoms with Crippen LogP contribution in [0.25, 0.3) is 0 Å². The van der Waals surface area contributed by atoms with Crippen molar-refractivity contribution in [2.75, 3.05) is 26.4 Å². The van der Waals surface area contributed by atoms with Crippen LogP contribution in [0, 0.1) is 50.2 Å². The number of aliphatic hydroxyl groups is 13. The van der Waals surface area contributed by atoms with E-state index in [0.717, 1.165) is 11.9 Å². The van der Waals surface area contributed by atoms with Crippen LogP contribution >= 0.6 is 0 Å². The fourth-order valence-corrected chi connectivity index (χ4v) is 17.2. The topological polar surface area (TPSA) is 444 Å². The van der Waals surface area contributed by atoms with Gasteiger partial charge in [-0.1, -0.05) is 59.3 Å². The molecule has 0 aromatic rings. The van der Waals surface area contributed by atoms with Crippen LogP contribution in [0.4, 0.5) is 0 Å². The number of fused-ring (bicyclic) bond motifs is 7. The highest BCUT2D eigenvalue weighted by molar-refractivity contribution is 5.87. The number of aliphatic hydroxyl groups excluding tert-OH is 13. The van der Waals surface area contributed by atoms with E-state index in [4.69, 9.17) is 47.4 Å². The van der Waals surface area contributed by atoms with Gasteiger partial charge < -0.3 is 124 Å². The summed E-state index contributed by atoms with van der Waals surface area (Å²) in [5.74, 6) is -4.25. The monoisotopic (exact) mass is 1260 g/mol. The third-order valence-corrected chi connectivity index (χ3v) is 22.6. The van der Waals surface area contributed by atoms with Crippen molar-refractivity contribution in [2.45, 2.75) is 248 Å². The summed E-state index contributed by atoms with van der Waals surface area (Å²) in [6.07, 6.45) is -35.7. The summed E-state index contributed by atoms with van der Waals surface area (Å²) in [6.45, 7) is 13.6. The molecule has 0 radical (unpaired) electrons. The number of hydrogen-bond donors (Lipinski definition) is 14. The highest BCUT2D eigenvalue weighted by Crippen LogP contribution is 2.76. The van der Waals surface area contributed by atoms with Gasteiger partial charge in [-0.3, -0.25) is 4.79 Å². The number of esters is 2. The summed E-state index contributed by atoms with van der Waals surface area (Å²) in [4.78, 5) is 53.4. The van der Waals surface area contributed by atoms with Crippen LogP contribution in [0.3, 0.4) is 0 Å². The van der Waals surface area contributed by atoms with Crippen molar-refractivity contribution < 1.29 is 138 Å². The Hall–Kier alpha value is -3.28. The average molecular weight is 1260 g/mol. The van der Waals surface area contributed by atoms with Gasteiger partial charge in [-0.2, -0.15) is 0 Å². The maximum atomic E-state index is 14.2. The molecule has 0 spiro atoms. The number of ether oxygens (including phenoxy) is 10. The van der Waals surface area contributed by atoms with E-state index in [1.165, 1.54) is 6.92 Å². The summed E-state index contributed by atoms with van der Waals surface area (Å²) in [5.41, 5.74) is -4.52. The molecule has 500 valence electrons. The molecule has 28 heteroatoms. The molecule has 0 aromatic carbocycles. The summed E-state index contributed by atoms with van der Waals surface area (Å²) in [5, 5.41) is 155. The Morgan fingerprint density at radius 3 is 1.82 bits per heavy atom. The van der Waals surface area contributed by atoms with Gasteiger partial charge in [-0.15, -0.1) is 0 Å². The maximum absolute atomic E-state index is 14.2. The van der Waals surface area contributed by atoms with E-state index >= 15 is 0 Å². The Bertz CT molecular complexity index is 2600. The average Bonchev–Trinajstić information content (AvgIpc) is 0.673. The number of carbonyl (C=O) groups is 4. The highest BCUT2D eigenvalue weighted by Gasteiger charge is 2.74. The largest absolute Gasteiger partial charge is 0.479 e. The number of rotatable bonds is 16. The van der Waals surface area contributed by atoms with Crippen molar-refractivity contribution in [3.05, 3.63) is 23.3 Å². The first-order chi connectivity index (χ1) is 41.2. The number of allylic oxidation sites excluding steroid dienone is 3. The second kappa shape index (κ2) is 25.6. The van der Waals surface area contributed by atoms with Gasteiger partial charge in [-0.25, -0.2) is 9.59 Å². The summed E-state index contributed by atoms with van der Waals surface area (Å²) in [7, 11) is 0. The Kier molecular flexibility index (Phi) is 20.1. The van der Waals surface area contributed by atoms with Crippen LogP contribution in [0.2, 0.25) is 0 Å². The molecule has 9 aliphatic rings. The molecule has 4 aliphatic heterocycles. The van der Waals surface area contributed by atoms with E-state index in [1.807, 2.05) is 13.8 Å². The van der Waals surface area contributed by atoms with Crippen molar-refractivity contribution >= 4 is 24.2 Å². The number of carboxylic acids is 1. The van der Waals surface area contributed by atoms with Crippen molar-refractivity contribution in [3.8, 4) is 0 Å². The standard InChI is InChI=1S/C60H92O28/c1-10-24(2)50(78)88-48-47(75)60(23-80-25(3)64)27(17-55(48,4)5)26-11-12-32-56(6)15-14-34(57(7,22-63)31(56)13-16-58(32,8)59(26,9)18-33(60)66)83-54-46(87-52-41(73)39(71)37(69)30(20-62)82-52)43(42(74)44(85-54)49(76)77)84-53-45(35(67)28(65)21-79-53)86-51-40(72)38(70)36(68)29(19-61)81-51/h10-11,22,27-48,51-54,61-62,65-75H,12-21,23H2,1-9H3,(H,76,77)/b24-10+/t27-,28-,29+,30+,31+,32+,33+,34-,35-,36+,37-,38-,39-,40+,41+,42-,43-,44-,45+,46+,47-,48-,51-,52-,53-,54+,56-,57-,58+,59+,60-/m0/s1. The van der Waals surface area contributed by atoms with Gasteiger partial charge >= 0.3 is 17.9 Å². The van der Waals surface area contributed by atoms with E-state index in [2.05, 4.69) is 26.8 Å². The van der Waals surface area contributed by atoms with Gasteiger partial charge in [0.05, 0.1) is 42.9 Å². The lowest BCUT2D eigenvalue weighted by atomic mass is 9.33. The minimum atomic E-state index is -2.32. The van der Waals surface area contributed by atoms with Crippen LogP contribution in [0.1, 0.15) is 107 Å². The van der Waals surface area contributed by atoms with Gasteiger partial charge in [0.15, 0.2) is 31.3 Å². The normalized spacial score (nSPS) is 51.1. The van der Waals surface area contributed by atoms with E-state index in [1.54, 1.807) is 26.8 Å². The van der Waals surface area contributed by atoms with Crippen molar-refractivity contribution in [2.24, 2.45) is 50.2 Å². The molecule has 5 aliphatic carbocycles. The van der Waals surface area contributed by atoms with Gasteiger partial charge in [0.2, 0.25) is 0 Å². The second-order valence-electron chi connectivity index (χ2n) is 27.8.